The first-order valence-electron chi connectivity index (χ1n) is 10.7. The van der Waals surface area contributed by atoms with Crippen LogP contribution in [0.1, 0.15) is 31.9 Å². The first-order chi connectivity index (χ1) is 16.1. The van der Waals surface area contributed by atoms with E-state index in [0.717, 1.165) is 30.4 Å². The van der Waals surface area contributed by atoms with E-state index in [1.807, 2.05) is 0 Å². The van der Waals surface area contributed by atoms with Gasteiger partial charge in [-0.1, -0.05) is 12.8 Å². The molecule has 34 heavy (non-hydrogen) atoms. The molecule has 1 aliphatic carbocycles. The number of fused-ring (bicyclic) bond motifs is 1. The second-order valence-electron chi connectivity index (χ2n) is 8.41. The van der Waals surface area contributed by atoms with Gasteiger partial charge in [-0.3, -0.25) is 4.57 Å². The van der Waals surface area contributed by atoms with E-state index in [1.165, 1.54) is 6.20 Å². The smallest absolute Gasteiger partial charge is 0.361 e. The van der Waals surface area contributed by atoms with Crippen LogP contribution in [-0.2, 0) is 14.0 Å². The topological polar surface area (TPSA) is 192 Å². The number of hydrogen-bond donors (Lipinski definition) is 6. The maximum absolute atomic E-state index is 15.0. The predicted octanol–water partition coefficient (Wildman–Crippen LogP) is 0.306. The van der Waals surface area contributed by atoms with Crippen molar-refractivity contribution in [2.24, 2.45) is 0 Å². The summed E-state index contributed by atoms with van der Waals surface area (Å²) in [5.41, 5.74) is 0.164. The number of halogens is 2. The summed E-state index contributed by atoms with van der Waals surface area (Å²) < 4.78 is 38.4. The molecule has 6 N–H and O–H groups in total. The summed E-state index contributed by atoms with van der Waals surface area (Å²) in [5.74, 6) is 0.444. The van der Waals surface area contributed by atoms with Crippen molar-refractivity contribution < 1.29 is 43.5 Å². The summed E-state index contributed by atoms with van der Waals surface area (Å²) in [5, 5.41) is 34.3. The molecule has 2 aromatic heterocycles. The molecule has 2 fully saturated rings. The second-order valence-corrected chi connectivity index (χ2v) is 10.7. The van der Waals surface area contributed by atoms with Gasteiger partial charge in [0.1, 0.15) is 18.0 Å². The number of alkyl halides is 1. The average molecular weight is 526 g/mol. The lowest BCUT2D eigenvalue weighted by atomic mass is 10.1. The fraction of sp³-hybridized carbons (Fsp3) is 0.722. The van der Waals surface area contributed by atoms with Crippen molar-refractivity contribution in [2.75, 3.05) is 25.1 Å². The molecule has 4 rings (SSSR count). The first kappa shape index (κ1) is 25.6. The highest BCUT2D eigenvalue weighted by Crippen LogP contribution is 2.51. The molecule has 190 valence electrons. The SMILES string of the molecule is O=P(O)(O)C(CO)(CO)OC[C@H]1O[C@@H](n2ncc3c(NC4CCCC4)nc(Cl)nc32)[C@@H](F)[C@@H]1O. The van der Waals surface area contributed by atoms with Crippen molar-refractivity contribution in [1.29, 1.82) is 0 Å². The van der Waals surface area contributed by atoms with Crippen molar-refractivity contribution in [3.63, 3.8) is 0 Å². The Morgan fingerprint density at radius 1 is 1.29 bits per heavy atom. The molecule has 2 aromatic rings. The van der Waals surface area contributed by atoms with Gasteiger partial charge in [0.2, 0.25) is 10.6 Å². The predicted molar refractivity (Wildman–Crippen MR) is 116 cm³/mol. The molecule has 3 heterocycles. The number of nitrogens with one attached hydrogen (secondary N) is 1. The third kappa shape index (κ3) is 4.66. The monoisotopic (exact) mass is 525 g/mol. The largest absolute Gasteiger partial charge is 0.393 e. The van der Waals surface area contributed by atoms with Crippen LogP contribution in [0.2, 0.25) is 5.28 Å². The molecular weight excluding hydrogens is 500 g/mol. The van der Waals surface area contributed by atoms with Crippen LogP contribution in [0.5, 0.6) is 0 Å². The Morgan fingerprint density at radius 3 is 2.59 bits per heavy atom. The van der Waals surface area contributed by atoms with E-state index >= 15 is 4.39 Å². The normalized spacial score (nSPS) is 26.6. The van der Waals surface area contributed by atoms with E-state index in [9.17, 15) is 29.7 Å². The van der Waals surface area contributed by atoms with Gasteiger partial charge in [0.25, 0.3) is 0 Å². The van der Waals surface area contributed by atoms with Gasteiger partial charge in [-0.2, -0.15) is 15.1 Å². The van der Waals surface area contributed by atoms with Gasteiger partial charge in [0, 0.05) is 6.04 Å². The molecule has 0 unspecified atom stereocenters. The molecular formula is C18H26ClFN5O8P. The van der Waals surface area contributed by atoms with Crippen molar-refractivity contribution in [2.45, 2.75) is 61.7 Å². The highest BCUT2D eigenvalue weighted by Gasteiger charge is 2.51. The highest BCUT2D eigenvalue weighted by atomic mass is 35.5. The summed E-state index contributed by atoms with van der Waals surface area (Å²) in [6, 6.07) is 0.213. The Labute approximate surface area is 198 Å². The highest BCUT2D eigenvalue weighted by molar-refractivity contribution is 7.53. The number of aliphatic hydroxyl groups excluding tert-OH is 3. The fourth-order valence-electron chi connectivity index (χ4n) is 4.14. The standard InChI is InChI=1S/C18H26ClFN5O8P/c19-17-23-14(22-9-3-1-2-4-9)10-5-21-25(15(10)24-17)16-12(20)13(28)11(33-16)6-32-18(7-26,8-27)34(29,30)31/h5,9,11-13,16,26-28H,1-4,6-8H2,(H,22,23,24)(H2,29,30,31)/t11-,12+,13-,16-/m1/s1. The molecule has 2 aliphatic rings. The molecule has 0 amide bonds. The lowest BCUT2D eigenvalue weighted by Crippen LogP contribution is -2.44. The zero-order valence-electron chi connectivity index (χ0n) is 17.9. The average Bonchev–Trinajstić information content (AvgIpc) is 3.50. The minimum atomic E-state index is -5.13. The number of anilines is 1. The van der Waals surface area contributed by atoms with Crippen LogP contribution in [0.3, 0.4) is 0 Å². The summed E-state index contributed by atoms with van der Waals surface area (Å²) >= 11 is 6.08. The third-order valence-electron chi connectivity index (χ3n) is 6.20. The first-order valence-corrected chi connectivity index (χ1v) is 12.7. The fourth-order valence-corrected chi connectivity index (χ4v) is 4.92. The molecule has 1 saturated carbocycles. The van der Waals surface area contributed by atoms with Gasteiger partial charge >= 0.3 is 7.60 Å². The van der Waals surface area contributed by atoms with Crippen molar-refractivity contribution in [1.82, 2.24) is 19.7 Å². The molecule has 4 atom stereocenters. The Morgan fingerprint density at radius 2 is 1.97 bits per heavy atom. The molecule has 0 radical (unpaired) electrons. The number of aliphatic hydroxyl groups is 3. The minimum absolute atomic E-state index is 0.0964. The van der Waals surface area contributed by atoms with E-state index in [4.69, 9.17) is 21.1 Å². The maximum atomic E-state index is 15.0. The van der Waals surface area contributed by atoms with Crippen LogP contribution in [0.4, 0.5) is 10.2 Å². The summed E-state index contributed by atoms with van der Waals surface area (Å²) in [7, 11) is -5.13. The number of aromatic nitrogens is 4. The molecule has 13 nitrogen and oxygen atoms in total. The van der Waals surface area contributed by atoms with Crippen LogP contribution >= 0.6 is 19.2 Å². The van der Waals surface area contributed by atoms with Gasteiger partial charge in [-0.15, -0.1) is 0 Å². The van der Waals surface area contributed by atoms with Gasteiger partial charge in [-0.25, -0.2) is 9.07 Å². The summed E-state index contributed by atoms with van der Waals surface area (Å²) in [6.45, 7) is -3.15. The second kappa shape index (κ2) is 9.88. The molecule has 16 heteroatoms. The van der Waals surface area contributed by atoms with E-state index in [-0.39, 0.29) is 17.0 Å². The van der Waals surface area contributed by atoms with Crippen LogP contribution < -0.4 is 5.32 Å². The van der Waals surface area contributed by atoms with Crippen molar-refractivity contribution in [3.8, 4) is 0 Å². The lowest BCUT2D eigenvalue weighted by Gasteiger charge is -2.31. The van der Waals surface area contributed by atoms with E-state index in [1.54, 1.807) is 0 Å². The Kier molecular flexibility index (Phi) is 7.44. The van der Waals surface area contributed by atoms with E-state index in [0.29, 0.717) is 11.2 Å². The van der Waals surface area contributed by atoms with Crippen LogP contribution in [0.15, 0.2) is 6.20 Å². The number of rotatable bonds is 9. The summed E-state index contributed by atoms with van der Waals surface area (Å²) in [6.07, 6.45) is -1.07. The molecule has 0 bridgehead atoms. The van der Waals surface area contributed by atoms with E-state index in [2.05, 4.69) is 20.4 Å². The number of hydrogen-bond acceptors (Lipinski definition) is 10. The maximum Gasteiger partial charge on any atom is 0.361 e. The van der Waals surface area contributed by atoms with Crippen molar-refractivity contribution >= 4 is 36.0 Å². The lowest BCUT2D eigenvalue weighted by molar-refractivity contribution is -0.121. The Hall–Kier alpha value is -1.48. The van der Waals surface area contributed by atoms with Gasteiger partial charge in [0.05, 0.1) is 31.4 Å². The zero-order valence-corrected chi connectivity index (χ0v) is 19.5. The Bertz CT molecular complexity index is 1060. The quantitative estimate of drug-likeness (QED) is 0.194. The minimum Gasteiger partial charge on any atom is -0.393 e. The molecule has 0 spiro atoms. The van der Waals surface area contributed by atoms with Crippen LogP contribution in [0.25, 0.3) is 11.0 Å². The molecule has 1 aliphatic heterocycles. The van der Waals surface area contributed by atoms with Crippen molar-refractivity contribution in [3.05, 3.63) is 11.5 Å². The number of nitrogens with zero attached hydrogens (tertiary/aromatic N) is 4. The third-order valence-corrected chi connectivity index (χ3v) is 7.84. The Balaban J connectivity index is 1.56. The number of ether oxygens (including phenoxy) is 2. The summed E-state index contributed by atoms with van der Waals surface area (Å²) in [4.78, 5) is 27.2. The zero-order chi connectivity index (χ0) is 24.7. The van der Waals surface area contributed by atoms with E-state index < -0.39 is 57.4 Å². The van der Waals surface area contributed by atoms with Gasteiger partial charge in [0.15, 0.2) is 18.0 Å². The van der Waals surface area contributed by atoms with Gasteiger partial charge < -0.3 is 39.9 Å². The molecule has 1 saturated heterocycles. The van der Waals surface area contributed by atoms with Crippen LogP contribution in [0, 0.1) is 0 Å². The van der Waals surface area contributed by atoms with Crippen LogP contribution in [-0.4, -0.2) is 94.4 Å². The van der Waals surface area contributed by atoms with Gasteiger partial charge in [-0.05, 0) is 24.4 Å². The molecule has 0 aromatic carbocycles.